The number of carbonyl (C=O) groups is 1. The molecule has 1 N–H and O–H groups in total. The fraction of sp³-hybridized carbons (Fsp3) is 0.0870. The first-order chi connectivity index (χ1) is 14.5. The number of hydrogen-bond acceptors (Lipinski definition) is 4. The minimum atomic E-state index is -0.949. The molecule has 148 valence electrons. The highest BCUT2D eigenvalue weighted by Crippen LogP contribution is 2.37. The fourth-order valence-electron chi connectivity index (χ4n) is 3.77. The number of ether oxygens (including phenoxy) is 1. The van der Waals surface area contributed by atoms with Crippen molar-refractivity contribution < 1.29 is 14.6 Å². The first-order valence-corrected chi connectivity index (χ1v) is 9.70. The Kier molecular flexibility index (Phi) is 4.29. The van der Waals surface area contributed by atoms with E-state index in [1.54, 1.807) is 10.7 Å². The molecule has 0 saturated heterocycles. The Morgan fingerprint density at radius 2 is 2.03 bits per heavy atom. The Bertz CT molecular complexity index is 1360. The number of benzene rings is 2. The maximum absolute atomic E-state index is 11.5. The number of hydrogen-bond donors (Lipinski definition) is 1. The first-order valence-electron chi connectivity index (χ1n) is 9.32. The second-order valence-corrected chi connectivity index (χ2v) is 7.46. The molecule has 1 aliphatic rings. The van der Waals surface area contributed by atoms with Crippen molar-refractivity contribution in [1.82, 2.24) is 14.8 Å². The largest absolute Gasteiger partial charge is 0.478 e. The monoisotopic (exact) mass is 417 g/mol. The van der Waals surface area contributed by atoms with Crippen LogP contribution < -0.4 is 4.74 Å². The van der Waals surface area contributed by atoms with Gasteiger partial charge in [0.1, 0.15) is 11.5 Å². The van der Waals surface area contributed by atoms with Crippen molar-refractivity contribution in [3.63, 3.8) is 0 Å². The topological polar surface area (TPSA) is 77.2 Å². The second-order valence-electron chi connectivity index (χ2n) is 7.06. The number of pyridine rings is 1. The first kappa shape index (κ1) is 18.4. The van der Waals surface area contributed by atoms with Gasteiger partial charge in [-0.05, 0) is 47.5 Å². The molecule has 30 heavy (non-hydrogen) atoms. The van der Waals surface area contributed by atoms with Crippen LogP contribution in [0, 0.1) is 0 Å². The molecule has 0 spiro atoms. The molecule has 6 nitrogen and oxygen atoms in total. The summed E-state index contributed by atoms with van der Waals surface area (Å²) in [4.78, 5) is 15.9. The summed E-state index contributed by atoms with van der Waals surface area (Å²) in [6, 6.07) is 14.6. The lowest BCUT2D eigenvalue weighted by molar-refractivity contribution is 0.0695. The third-order valence-corrected chi connectivity index (χ3v) is 5.50. The number of aromatic nitrogens is 3. The van der Waals surface area contributed by atoms with Crippen LogP contribution >= 0.6 is 11.6 Å². The minimum absolute atomic E-state index is 0.280. The zero-order valence-electron chi connectivity index (χ0n) is 16.0. The Morgan fingerprint density at radius 3 is 2.83 bits per heavy atom. The summed E-state index contributed by atoms with van der Waals surface area (Å²) in [6.45, 7) is 0. The minimum Gasteiger partial charge on any atom is -0.478 e. The highest BCUT2D eigenvalue weighted by molar-refractivity contribution is 6.32. The summed E-state index contributed by atoms with van der Waals surface area (Å²) in [7, 11) is 1.87. The number of nitrogens with zero attached hydrogens (tertiary/aromatic N) is 3. The Hall–Kier alpha value is -3.64. The molecule has 4 aromatic rings. The number of carboxylic acids is 1. The summed E-state index contributed by atoms with van der Waals surface area (Å²) in [6.07, 6.45) is 3.92. The van der Waals surface area contributed by atoms with Crippen molar-refractivity contribution in [2.75, 3.05) is 0 Å². The molecule has 0 amide bonds. The molecule has 7 heteroatoms. The average molecular weight is 418 g/mol. The van der Waals surface area contributed by atoms with Gasteiger partial charge in [-0.3, -0.25) is 9.67 Å². The molecular weight excluding hydrogens is 402 g/mol. The van der Waals surface area contributed by atoms with Crippen LogP contribution in [-0.2, 0) is 13.5 Å². The number of fused-ring (bicyclic) bond motifs is 2. The Balaban J connectivity index is 1.52. The molecule has 0 bridgehead atoms. The van der Waals surface area contributed by atoms with Crippen LogP contribution in [0.3, 0.4) is 0 Å². The molecule has 0 saturated carbocycles. The summed E-state index contributed by atoms with van der Waals surface area (Å²) in [5.41, 5.74) is 4.34. The maximum Gasteiger partial charge on any atom is 0.336 e. The van der Waals surface area contributed by atoms with E-state index in [1.165, 1.54) is 12.3 Å². The number of aryl methyl sites for hydroxylation is 1. The molecule has 2 aromatic carbocycles. The summed E-state index contributed by atoms with van der Waals surface area (Å²) in [5, 5.41) is 15.6. The van der Waals surface area contributed by atoms with Crippen molar-refractivity contribution in [2.24, 2.45) is 7.05 Å². The predicted molar refractivity (Wildman–Crippen MR) is 115 cm³/mol. The second kappa shape index (κ2) is 7.00. The van der Waals surface area contributed by atoms with Gasteiger partial charge in [0.25, 0.3) is 0 Å². The van der Waals surface area contributed by atoms with Gasteiger partial charge < -0.3 is 9.84 Å². The molecule has 0 atom stereocenters. The van der Waals surface area contributed by atoms with Gasteiger partial charge in [-0.15, -0.1) is 0 Å². The lowest BCUT2D eigenvalue weighted by Gasteiger charge is -2.07. The number of halogens is 1. The van der Waals surface area contributed by atoms with Crippen molar-refractivity contribution in [3.8, 4) is 11.5 Å². The van der Waals surface area contributed by atoms with Gasteiger partial charge in [-0.1, -0.05) is 23.7 Å². The van der Waals surface area contributed by atoms with Crippen LogP contribution in [0.15, 0.2) is 54.7 Å². The fourth-order valence-corrected chi connectivity index (χ4v) is 3.94. The Morgan fingerprint density at radius 1 is 1.20 bits per heavy atom. The lowest BCUT2D eigenvalue weighted by Crippen LogP contribution is -2.03. The highest BCUT2D eigenvalue weighted by atomic mass is 35.5. The van der Waals surface area contributed by atoms with Crippen molar-refractivity contribution in [2.45, 2.75) is 6.42 Å². The number of rotatable bonds is 4. The van der Waals surface area contributed by atoms with Crippen LogP contribution in [0.2, 0.25) is 5.02 Å². The van der Waals surface area contributed by atoms with E-state index < -0.39 is 5.97 Å². The van der Waals surface area contributed by atoms with Crippen LogP contribution in [-0.4, -0.2) is 25.8 Å². The van der Waals surface area contributed by atoms with Crippen molar-refractivity contribution in [3.05, 3.63) is 82.3 Å². The molecule has 1 aliphatic carbocycles. The summed E-state index contributed by atoms with van der Waals surface area (Å²) < 4.78 is 7.73. The van der Waals surface area contributed by atoms with Crippen LogP contribution in [0.4, 0.5) is 0 Å². The summed E-state index contributed by atoms with van der Waals surface area (Å²) >= 11 is 6.20. The standard InChI is InChI=1S/C23H16ClN3O3/c1-27-20-12-14(30-21-5-3-2-4-18(21)24)6-7-16(20)22(26-27)13-10-17-15(23(28)29)8-9-25-19(17)11-13/h2-9,11-12H,10H2,1H3,(H,28,29). The van der Waals surface area contributed by atoms with Gasteiger partial charge >= 0.3 is 5.97 Å². The van der Waals surface area contributed by atoms with E-state index in [0.29, 0.717) is 28.6 Å². The van der Waals surface area contributed by atoms with Gasteiger partial charge in [0.15, 0.2) is 0 Å². The quantitative estimate of drug-likeness (QED) is 0.493. The zero-order valence-corrected chi connectivity index (χ0v) is 16.7. The predicted octanol–water partition coefficient (Wildman–Crippen LogP) is 5.21. The van der Waals surface area contributed by atoms with E-state index >= 15 is 0 Å². The van der Waals surface area contributed by atoms with E-state index in [2.05, 4.69) is 10.1 Å². The molecule has 0 aliphatic heterocycles. The van der Waals surface area contributed by atoms with Crippen LogP contribution in [0.25, 0.3) is 22.6 Å². The van der Waals surface area contributed by atoms with Crippen LogP contribution in [0.5, 0.6) is 11.5 Å². The smallest absolute Gasteiger partial charge is 0.336 e. The maximum atomic E-state index is 11.5. The summed E-state index contributed by atoms with van der Waals surface area (Å²) in [5.74, 6) is 0.293. The van der Waals surface area contributed by atoms with E-state index in [4.69, 9.17) is 16.3 Å². The number of aromatic carboxylic acids is 1. The molecular formula is C23H16ClN3O3. The van der Waals surface area contributed by atoms with E-state index in [9.17, 15) is 9.90 Å². The third kappa shape index (κ3) is 3.02. The molecule has 5 rings (SSSR count). The number of para-hydroxylation sites is 1. The molecule has 0 fully saturated rings. The van der Waals surface area contributed by atoms with Gasteiger partial charge in [0, 0.05) is 31.1 Å². The molecule has 0 radical (unpaired) electrons. The van der Waals surface area contributed by atoms with E-state index in [1.807, 2.05) is 49.5 Å². The van der Waals surface area contributed by atoms with Gasteiger partial charge in [-0.25, -0.2) is 4.79 Å². The highest BCUT2D eigenvalue weighted by Gasteiger charge is 2.24. The van der Waals surface area contributed by atoms with E-state index in [0.717, 1.165) is 27.7 Å². The van der Waals surface area contributed by atoms with Gasteiger partial charge in [-0.2, -0.15) is 5.10 Å². The van der Waals surface area contributed by atoms with Crippen molar-refractivity contribution >= 4 is 40.1 Å². The SMILES string of the molecule is Cn1nc(C2=Cc3nccc(C(=O)O)c3C2)c2ccc(Oc3ccccc3Cl)cc21. The zero-order chi connectivity index (χ0) is 20.8. The van der Waals surface area contributed by atoms with Crippen molar-refractivity contribution in [1.29, 1.82) is 0 Å². The lowest BCUT2D eigenvalue weighted by atomic mass is 10.0. The van der Waals surface area contributed by atoms with Gasteiger partial charge in [0.05, 0.1) is 27.5 Å². The average Bonchev–Trinajstić information content (AvgIpc) is 3.30. The normalized spacial score (nSPS) is 12.7. The van der Waals surface area contributed by atoms with Crippen LogP contribution in [0.1, 0.15) is 27.3 Å². The number of allylic oxidation sites excluding steroid dienone is 1. The molecule has 2 heterocycles. The Labute approximate surface area is 177 Å². The number of carboxylic acid groups (broad SMARTS) is 1. The van der Waals surface area contributed by atoms with Gasteiger partial charge in [0.2, 0.25) is 0 Å². The van der Waals surface area contributed by atoms with E-state index in [-0.39, 0.29) is 5.56 Å². The molecule has 2 aromatic heterocycles. The third-order valence-electron chi connectivity index (χ3n) is 5.19. The molecule has 0 unspecified atom stereocenters.